The van der Waals surface area contributed by atoms with Gasteiger partial charge in [-0.3, -0.25) is 14.4 Å². The Hall–Kier alpha value is -2.90. The Morgan fingerprint density at radius 1 is 0.882 bits per heavy atom. The fourth-order valence-corrected chi connectivity index (χ4v) is 4.30. The van der Waals surface area contributed by atoms with Gasteiger partial charge in [-0.1, -0.05) is 48.9 Å². The van der Waals surface area contributed by atoms with Crippen LogP contribution in [0, 0.1) is 12.8 Å². The fraction of sp³-hybridized carbons (Fsp3) is 0.423. The van der Waals surface area contributed by atoms with Crippen LogP contribution in [0.15, 0.2) is 42.5 Å². The second kappa shape index (κ2) is 11.0. The first kappa shape index (κ1) is 25.7. The average molecular weight is 489 g/mol. The fourth-order valence-electron chi connectivity index (χ4n) is 4.17. The molecule has 0 amide bonds. The molecule has 0 aromatic heterocycles. The van der Waals surface area contributed by atoms with E-state index in [4.69, 9.17) is 30.5 Å². The third-order valence-electron chi connectivity index (χ3n) is 5.76. The van der Waals surface area contributed by atoms with Crippen LogP contribution in [-0.4, -0.2) is 36.4 Å². The van der Waals surface area contributed by atoms with E-state index in [9.17, 15) is 14.4 Å². The van der Waals surface area contributed by atoms with Crippen molar-refractivity contribution in [3.63, 3.8) is 0 Å². The van der Waals surface area contributed by atoms with Gasteiger partial charge < -0.3 is 18.9 Å². The zero-order valence-electron chi connectivity index (χ0n) is 19.9. The maximum atomic E-state index is 11.9. The summed E-state index contributed by atoms with van der Waals surface area (Å²) in [5.74, 6) is -2.15. The van der Waals surface area contributed by atoms with E-state index in [0.717, 1.165) is 22.3 Å². The maximum absolute atomic E-state index is 11.9. The minimum atomic E-state index is -1.23. The van der Waals surface area contributed by atoms with Gasteiger partial charge in [-0.15, -0.1) is 0 Å². The second-order valence-electron chi connectivity index (χ2n) is 8.53. The van der Waals surface area contributed by atoms with Gasteiger partial charge in [0.1, 0.15) is 0 Å². The molecular formula is C26H29ClO7. The van der Waals surface area contributed by atoms with Crippen molar-refractivity contribution in [2.75, 3.05) is 0 Å². The van der Waals surface area contributed by atoms with E-state index >= 15 is 0 Å². The molecule has 7 nitrogen and oxygen atoms in total. The number of carbonyl (C=O) groups is 3. The summed E-state index contributed by atoms with van der Waals surface area (Å²) in [4.78, 5) is 35.4. The first-order valence-electron chi connectivity index (χ1n) is 11.1. The Bertz CT molecular complexity index is 1050. The third kappa shape index (κ3) is 6.36. The lowest BCUT2D eigenvalue weighted by Crippen LogP contribution is -2.55. The van der Waals surface area contributed by atoms with Crippen molar-refractivity contribution in [1.82, 2.24) is 0 Å². The number of benzene rings is 2. The Morgan fingerprint density at radius 3 is 2.06 bits per heavy atom. The van der Waals surface area contributed by atoms with Crippen LogP contribution >= 0.6 is 11.6 Å². The Balaban J connectivity index is 1.96. The van der Waals surface area contributed by atoms with Crippen LogP contribution in [0.4, 0.5) is 0 Å². The van der Waals surface area contributed by atoms with E-state index in [1.165, 1.54) is 20.8 Å². The van der Waals surface area contributed by atoms with Crippen molar-refractivity contribution >= 4 is 29.5 Å². The Morgan fingerprint density at radius 2 is 1.47 bits per heavy atom. The van der Waals surface area contributed by atoms with Gasteiger partial charge in [0.25, 0.3) is 0 Å². The molecule has 0 bridgehead atoms. The first-order chi connectivity index (χ1) is 16.0. The SMILES string of the molecule is CC(=O)OC1OC(c2ccc(C)c(Cc3ccc(Cl)cc3)c2)[C@H](C)[C@@H](OC(C)=O)[C@@H]1OC(C)=O. The molecule has 1 fully saturated rings. The number of halogens is 1. The van der Waals surface area contributed by atoms with Crippen LogP contribution in [0.1, 0.15) is 56.1 Å². The number of rotatable bonds is 6. The number of esters is 3. The summed E-state index contributed by atoms with van der Waals surface area (Å²) in [6, 6.07) is 13.6. The second-order valence-corrected chi connectivity index (χ2v) is 8.97. The molecule has 3 rings (SSSR count). The summed E-state index contributed by atoms with van der Waals surface area (Å²) in [5.41, 5.74) is 4.13. The number of aryl methyl sites for hydroxylation is 1. The van der Waals surface area contributed by atoms with Gasteiger partial charge in [0.15, 0.2) is 6.10 Å². The van der Waals surface area contributed by atoms with Crippen LogP contribution in [-0.2, 0) is 39.8 Å². The summed E-state index contributed by atoms with van der Waals surface area (Å²) in [7, 11) is 0. The lowest BCUT2D eigenvalue weighted by molar-refractivity contribution is -0.283. The molecule has 2 aromatic rings. The van der Waals surface area contributed by atoms with E-state index in [1.54, 1.807) is 0 Å². The lowest BCUT2D eigenvalue weighted by Gasteiger charge is -2.43. The number of carbonyl (C=O) groups excluding carboxylic acids is 3. The molecule has 8 heteroatoms. The summed E-state index contributed by atoms with van der Waals surface area (Å²) in [5, 5.41) is 0.675. The minimum absolute atomic E-state index is 0.397. The van der Waals surface area contributed by atoms with Crippen molar-refractivity contribution in [2.45, 2.75) is 65.6 Å². The van der Waals surface area contributed by atoms with E-state index in [1.807, 2.05) is 56.3 Å². The van der Waals surface area contributed by atoms with Gasteiger partial charge in [-0.2, -0.15) is 0 Å². The molecule has 0 N–H and O–H groups in total. The molecule has 2 aromatic carbocycles. The van der Waals surface area contributed by atoms with Crippen LogP contribution in [0.5, 0.6) is 0 Å². The highest BCUT2D eigenvalue weighted by Crippen LogP contribution is 2.40. The van der Waals surface area contributed by atoms with Crippen molar-refractivity contribution in [3.05, 3.63) is 69.7 Å². The summed E-state index contributed by atoms with van der Waals surface area (Å²) in [6.07, 6.45) is -3.08. The molecule has 0 aliphatic carbocycles. The van der Waals surface area contributed by atoms with Gasteiger partial charge in [-0.05, 0) is 47.7 Å². The highest BCUT2D eigenvalue weighted by atomic mass is 35.5. The minimum Gasteiger partial charge on any atom is -0.458 e. The topological polar surface area (TPSA) is 88.1 Å². The molecule has 5 atom stereocenters. The smallest absolute Gasteiger partial charge is 0.305 e. The monoisotopic (exact) mass is 488 g/mol. The Kier molecular flexibility index (Phi) is 8.33. The molecular weight excluding hydrogens is 460 g/mol. The molecule has 0 saturated carbocycles. The van der Waals surface area contributed by atoms with Gasteiger partial charge in [0, 0.05) is 31.7 Å². The van der Waals surface area contributed by atoms with E-state index in [0.29, 0.717) is 11.4 Å². The molecule has 1 heterocycles. The summed E-state index contributed by atoms with van der Waals surface area (Å²) < 4.78 is 22.4. The maximum Gasteiger partial charge on any atom is 0.305 e. The van der Waals surface area contributed by atoms with Gasteiger partial charge in [-0.25, -0.2) is 0 Å². The number of ether oxygens (including phenoxy) is 4. The zero-order valence-corrected chi connectivity index (χ0v) is 20.6. The van der Waals surface area contributed by atoms with E-state index in [2.05, 4.69) is 0 Å². The molecule has 182 valence electrons. The first-order valence-corrected chi connectivity index (χ1v) is 11.4. The van der Waals surface area contributed by atoms with Crippen LogP contribution < -0.4 is 0 Å². The molecule has 1 aliphatic heterocycles. The number of hydrogen-bond acceptors (Lipinski definition) is 7. The van der Waals surface area contributed by atoms with Crippen molar-refractivity contribution in [1.29, 1.82) is 0 Å². The predicted molar refractivity (Wildman–Crippen MR) is 125 cm³/mol. The lowest BCUT2D eigenvalue weighted by atomic mass is 9.85. The van der Waals surface area contributed by atoms with Crippen LogP contribution in [0.2, 0.25) is 5.02 Å². The predicted octanol–water partition coefficient (Wildman–Crippen LogP) is 4.70. The quantitative estimate of drug-likeness (QED) is 0.430. The molecule has 1 aliphatic rings. The third-order valence-corrected chi connectivity index (χ3v) is 6.02. The summed E-state index contributed by atoms with van der Waals surface area (Å²) >= 11 is 6.01. The van der Waals surface area contributed by atoms with E-state index in [-0.39, 0.29) is 0 Å². The number of hydrogen-bond donors (Lipinski definition) is 0. The standard InChI is InChI=1S/C26H29ClO7/c1-14-6-9-20(13-21(14)12-19-7-10-22(27)11-8-19)23-15(2)24(31-16(3)28)25(32-17(4)29)26(34-23)33-18(5)30/h6-11,13,15,23-26H,12H2,1-5H3/t15-,23?,24+,25-,26?/m0/s1. The van der Waals surface area contributed by atoms with Crippen molar-refractivity contribution in [2.24, 2.45) is 5.92 Å². The molecule has 0 radical (unpaired) electrons. The summed E-state index contributed by atoms with van der Waals surface area (Å²) in [6.45, 7) is 7.62. The van der Waals surface area contributed by atoms with Gasteiger partial charge in [0.05, 0.1) is 6.10 Å². The Labute approximate surface area is 204 Å². The highest BCUT2D eigenvalue weighted by Gasteiger charge is 2.50. The van der Waals surface area contributed by atoms with Gasteiger partial charge >= 0.3 is 17.9 Å². The van der Waals surface area contributed by atoms with E-state index < -0.39 is 48.4 Å². The van der Waals surface area contributed by atoms with Crippen LogP contribution in [0.25, 0.3) is 0 Å². The average Bonchev–Trinajstić information content (AvgIpc) is 2.75. The largest absolute Gasteiger partial charge is 0.458 e. The zero-order chi connectivity index (χ0) is 25.0. The normalized spacial score (nSPS) is 24.2. The molecule has 0 spiro atoms. The highest BCUT2D eigenvalue weighted by molar-refractivity contribution is 6.30. The van der Waals surface area contributed by atoms with Gasteiger partial charge in [0.2, 0.25) is 12.4 Å². The molecule has 1 saturated heterocycles. The molecule has 2 unspecified atom stereocenters. The van der Waals surface area contributed by atoms with Crippen molar-refractivity contribution < 1.29 is 33.3 Å². The van der Waals surface area contributed by atoms with Crippen LogP contribution in [0.3, 0.4) is 0 Å². The van der Waals surface area contributed by atoms with Crippen molar-refractivity contribution in [3.8, 4) is 0 Å². The molecule has 34 heavy (non-hydrogen) atoms.